The summed E-state index contributed by atoms with van der Waals surface area (Å²) < 4.78 is 18.1. The monoisotopic (exact) mass is 316 g/mol. The van der Waals surface area contributed by atoms with Crippen LogP contribution in [0.2, 0.25) is 0 Å². The smallest absolute Gasteiger partial charge is 0.257 e. The molecule has 0 aliphatic rings. The number of nitrogens with two attached hydrogens (primary N) is 1. The van der Waals surface area contributed by atoms with Gasteiger partial charge in [-0.15, -0.1) is 0 Å². The molecule has 2 amide bonds. The van der Waals surface area contributed by atoms with E-state index in [1.54, 1.807) is 30.3 Å². The molecule has 6 heteroatoms. The fourth-order valence-corrected chi connectivity index (χ4v) is 1.94. The average Bonchev–Trinajstić information content (AvgIpc) is 2.55. The van der Waals surface area contributed by atoms with Gasteiger partial charge in [-0.25, -0.2) is 4.39 Å². The summed E-state index contributed by atoms with van der Waals surface area (Å²) in [5.74, 6) is -0.727. The first-order chi connectivity index (χ1) is 11.0. The van der Waals surface area contributed by atoms with Gasteiger partial charge in [0.25, 0.3) is 5.91 Å². The van der Waals surface area contributed by atoms with Crippen LogP contribution in [0, 0.1) is 5.82 Å². The van der Waals surface area contributed by atoms with Crippen LogP contribution in [0.15, 0.2) is 48.5 Å². The summed E-state index contributed by atoms with van der Waals surface area (Å²) in [4.78, 5) is 22.7. The standard InChI is InChI=1S/C17H17FN2O3/c18-14-6-4-12(5-7-14)8-9-20-16(21)11-23-15-3-1-2-13(10-15)17(19)22/h1-7,10H,8-9,11H2,(H2,19,22)(H,20,21). The average molecular weight is 316 g/mol. The molecule has 0 fully saturated rings. The Morgan fingerprint density at radius 3 is 2.57 bits per heavy atom. The minimum Gasteiger partial charge on any atom is -0.484 e. The molecule has 23 heavy (non-hydrogen) atoms. The fourth-order valence-electron chi connectivity index (χ4n) is 1.94. The normalized spacial score (nSPS) is 10.1. The summed E-state index contributed by atoms with van der Waals surface area (Å²) >= 11 is 0. The maximum atomic E-state index is 12.8. The highest BCUT2D eigenvalue weighted by Gasteiger charge is 2.05. The van der Waals surface area contributed by atoms with E-state index in [1.165, 1.54) is 18.2 Å². The summed E-state index contributed by atoms with van der Waals surface area (Å²) in [6.45, 7) is 0.265. The largest absolute Gasteiger partial charge is 0.484 e. The Morgan fingerprint density at radius 1 is 1.13 bits per heavy atom. The van der Waals surface area contributed by atoms with Crippen LogP contribution in [0.1, 0.15) is 15.9 Å². The molecule has 0 atom stereocenters. The number of ether oxygens (including phenoxy) is 1. The maximum absolute atomic E-state index is 12.8. The number of carbonyl (C=O) groups is 2. The molecule has 3 N–H and O–H groups in total. The number of primary amides is 1. The minimum atomic E-state index is -0.556. The lowest BCUT2D eigenvalue weighted by molar-refractivity contribution is -0.123. The third kappa shape index (κ3) is 5.43. The quantitative estimate of drug-likeness (QED) is 0.815. The lowest BCUT2D eigenvalue weighted by Crippen LogP contribution is -2.30. The summed E-state index contributed by atoms with van der Waals surface area (Å²) in [6, 6.07) is 12.4. The zero-order valence-electron chi connectivity index (χ0n) is 12.4. The highest BCUT2D eigenvalue weighted by Crippen LogP contribution is 2.12. The molecule has 0 bridgehead atoms. The Kier molecular flexibility index (Phi) is 5.68. The topological polar surface area (TPSA) is 81.4 Å². The Labute approximate surface area is 133 Å². The number of nitrogens with one attached hydrogen (secondary N) is 1. The molecule has 5 nitrogen and oxygen atoms in total. The lowest BCUT2D eigenvalue weighted by Gasteiger charge is -2.08. The number of amides is 2. The van der Waals surface area contributed by atoms with Gasteiger partial charge in [0.15, 0.2) is 6.61 Å². The Morgan fingerprint density at radius 2 is 1.87 bits per heavy atom. The Balaban J connectivity index is 1.73. The highest BCUT2D eigenvalue weighted by molar-refractivity contribution is 5.93. The first-order valence-corrected chi connectivity index (χ1v) is 7.08. The molecule has 0 radical (unpaired) electrons. The molecule has 0 saturated carbocycles. The Bertz CT molecular complexity index is 686. The minimum absolute atomic E-state index is 0.161. The molecule has 120 valence electrons. The van der Waals surface area contributed by atoms with Gasteiger partial charge in [0.1, 0.15) is 11.6 Å². The Hall–Kier alpha value is -2.89. The van der Waals surface area contributed by atoms with E-state index in [4.69, 9.17) is 10.5 Å². The van der Waals surface area contributed by atoms with Gasteiger partial charge in [-0.1, -0.05) is 18.2 Å². The van der Waals surface area contributed by atoms with Gasteiger partial charge < -0.3 is 15.8 Å². The third-order valence-corrected chi connectivity index (χ3v) is 3.14. The van der Waals surface area contributed by atoms with Gasteiger partial charge in [-0.2, -0.15) is 0 Å². The van der Waals surface area contributed by atoms with Gasteiger partial charge in [0.2, 0.25) is 5.91 Å². The van der Waals surface area contributed by atoms with Gasteiger partial charge >= 0.3 is 0 Å². The number of hydrogen-bond acceptors (Lipinski definition) is 3. The van der Waals surface area contributed by atoms with Crippen LogP contribution in [0.3, 0.4) is 0 Å². The van der Waals surface area contributed by atoms with E-state index in [9.17, 15) is 14.0 Å². The van der Waals surface area contributed by atoms with E-state index in [0.29, 0.717) is 24.3 Å². The molecule has 0 saturated heterocycles. The number of halogens is 1. The molecule has 0 aliphatic heterocycles. The van der Waals surface area contributed by atoms with Crippen LogP contribution in [0.5, 0.6) is 5.75 Å². The van der Waals surface area contributed by atoms with Crippen molar-refractivity contribution in [3.05, 3.63) is 65.5 Å². The van der Waals surface area contributed by atoms with E-state index in [0.717, 1.165) is 5.56 Å². The number of rotatable bonds is 7. The predicted octanol–water partition coefficient (Wildman–Crippen LogP) is 1.66. The molecule has 2 aromatic carbocycles. The molecule has 2 aromatic rings. The molecule has 0 spiro atoms. The van der Waals surface area contributed by atoms with Crippen molar-refractivity contribution < 1.29 is 18.7 Å². The summed E-state index contributed by atoms with van der Waals surface area (Å²) in [7, 11) is 0. The van der Waals surface area contributed by atoms with Crippen molar-refractivity contribution in [3.63, 3.8) is 0 Å². The van der Waals surface area contributed by atoms with Crippen molar-refractivity contribution in [1.29, 1.82) is 0 Å². The van der Waals surface area contributed by atoms with E-state index >= 15 is 0 Å². The second-order valence-corrected chi connectivity index (χ2v) is 4.91. The summed E-state index contributed by atoms with van der Waals surface area (Å²) in [5.41, 5.74) is 6.42. The number of carbonyl (C=O) groups excluding carboxylic acids is 2. The van der Waals surface area contributed by atoms with E-state index in [1.807, 2.05) is 0 Å². The van der Waals surface area contributed by atoms with Crippen LogP contribution >= 0.6 is 0 Å². The summed E-state index contributed by atoms with van der Waals surface area (Å²) in [5, 5.41) is 2.70. The van der Waals surface area contributed by atoms with Crippen molar-refractivity contribution in [3.8, 4) is 5.75 Å². The second kappa shape index (κ2) is 7.93. The highest BCUT2D eigenvalue weighted by atomic mass is 19.1. The fraction of sp³-hybridized carbons (Fsp3) is 0.176. The molecule has 2 rings (SSSR count). The van der Waals surface area contributed by atoms with Gasteiger partial charge in [-0.3, -0.25) is 9.59 Å². The molecule has 0 unspecified atom stereocenters. The van der Waals surface area contributed by atoms with Gasteiger partial charge in [0, 0.05) is 12.1 Å². The van der Waals surface area contributed by atoms with E-state index < -0.39 is 5.91 Å². The van der Waals surface area contributed by atoms with Crippen molar-refractivity contribution in [2.75, 3.05) is 13.2 Å². The molecule has 0 aromatic heterocycles. The van der Waals surface area contributed by atoms with Crippen molar-refractivity contribution in [2.45, 2.75) is 6.42 Å². The summed E-state index contributed by atoms with van der Waals surface area (Å²) in [6.07, 6.45) is 0.600. The lowest BCUT2D eigenvalue weighted by atomic mass is 10.1. The van der Waals surface area contributed by atoms with Crippen LogP contribution in [-0.4, -0.2) is 25.0 Å². The molecule has 0 aliphatic carbocycles. The SMILES string of the molecule is NC(=O)c1cccc(OCC(=O)NCCc2ccc(F)cc2)c1. The number of hydrogen-bond donors (Lipinski definition) is 2. The first kappa shape index (κ1) is 16.5. The number of benzene rings is 2. The van der Waals surface area contributed by atoms with E-state index in [2.05, 4.69) is 5.32 Å². The molecule has 0 heterocycles. The zero-order valence-corrected chi connectivity index (χ0v) is 12.4. The van der Waals surface area contributed by atoms with Crippen LogP contribution in [0.4, 0.5) is 4.39 Å². The zero-order chi connectivity index (χ0) is 16.7. The van der Waals surface area contributed by atoms with Crippen molar-refractivity contribution >= 4 is 11.8 Å². The van der Waals surface area contributed by atoms with Crippen LogP contribution < -0.4 is 15.8 Å². The van der Waals surface area contributed by atoms with Crippen molar-refractivity contribution in [2.24, 2.45) is 5.73 Å². The van der Waals surface area contributed by atoms with Crippen LogP contribution in [0.25, 0.3) is 0 Å². The van der Waals surface area contributed by atoms with Crippen LogP contribution in [-0.2, 0) is 11.2 Å². The first-order valence-electron chi connectivity index (χ1n) is 7.08. The third-order valence-electron chi connectivity index (χ3n) is 3.14. The van der Waals surface area contributed by atoms with E-state index in [-0.39, 0.29) is 18.3 Å². The predicted molar refractivity (Wildman–Crippen MR) is 83.6 cm³/mol. The molecular weight excluding hydrogens is 299 g/mol. The van der Waals surface area contributed by atoms with Gasteiger partial charge in [-0.05, 0) is 42.3 Å². The van der Waals surface area contributed by atoms with Crippen molar-refractivity contribution in [1.82, 2.24) is 5.32 Å². The maximum Gasteiger partial charge on any atom is 0.257 e. The van der Waals surface area contributed by atoms with Gasteiger partial charge in [0.05, 0.1) is 0 Å². The second-order valence-electron chi connectivity index (χ2n) is 4.91. The molecular formula is C17H17FN2O3.